The van der Waals surface area contributed by atoms with Gasteiger partial charge in [-0.2, -0.15) is 0 Å². The van der Waals surface area contributed by atoms with Gasteiger partial charge in [0.1, 0.15) is 0 Å². The van der Waals surface area contributed by atoms with Crippen LogP contribution in [0.1, 0.15) is 25.0 Å². The number of benzene rings is 1. The van der Waals surface area contributed by atoms with Gasteiger partial charge in [-0.25, -0.2) is 0 Å². The molecule has 1 fully saturated rings. The molecule has 0 radical (unpaired) electrons. The van der Waals surface area contributed by atoms with Gasteiger partial charge in [0.2, 0.25) is 0 Å². The molecule has 1 aromatic carbocycles. The van der Waals surface area contributed by atoms with Gasteiger partial charge < -0.3 is 5.11 Å². The summed E-state index contributed by atoms with van der Waals surface area (Å²) in [7, 11) is 0. The molecule has 2 rings (SSSR count). The minimum absolute atomic E-state index is 0.242. The Labute approximate surface area is 85.2 Å². The fourth-order valence-corrected chi connectivity index (χ4v) is 1.88. The number of hydrogen-bond acceptors (Lipinski definition) is 2. The van der Waals surface area contributed by atoms with E-state index in [4.69, 9.17) is 0 Å². The molecule has 0 aliphatic carbocycles. The number of rotatable bonds is 3. The van der Waals surface area contributed by atoms with Crippen LogP contribution in [0.2, 0.25) is 0 Å². The maximum absolute atomic E-state index is 10.1. The first-order chi connectivity index (χ1) is 6.79. The molecule has 14 heavy (non-hydrogen) atoms. The van der Waals surface area contributed by atoms with Crippen LogP contribution in [-0.2, 0) is 0 Å². The van der Waals surface area contributed by atoms with Gasteiger partial charge in [-0.3, -0.25) is 4.90 Å². The van der Waals surface area contributed by atoms with E-state index in [1.807, 2.05) is 30.3 Å². The average molecular weight is 191 g/mol. The molecule has 1 aliphatic heterocycles. The molecule has 0 unspecified atom stereocenters. The van der Waals surface area contributed by atoms with Crippen LogP contribution in [0, 0.1) is 0 Å². The van der Waals surface area contributed by atoms with Crippen molar-refractivity contribution < 1.29 is 5.11 Å². The molecule has 0 aromatic heterocycles. The Morgan fingerprint density at radius 1 is 1.21 bits per heavy atom. The van der Waals surface area contributed by atoms with Crippen molar-refractivity contribution in [2.75, 3.05) is 13.1 Å². The van der Waals surface area contributed by atoms with Crippen molar-refractivity contribution >= 4 is 0 Å². The summed E-state index contributed by atoms with van der Waals surface area (Å²) in [5.74, 6) is 0. The summed E-state index contributed by atoms with van der Waals surface area (Å²) in [4.78, 5) is 2.32. The van der Waals surface area contributed by atoms with Gasteiger partial charge in [0.25, 0.3) is 0 Å². The van der Waals surface area contributed by atoms with Crippen molar-refractivity contribution in [3.8, 4) is 0 Å². The lowest BCUT2D eigenvalue weighted by molar-refractivity contribution is 0.0240. The smallest absolute Gasteiger partial charge is 0.0942 e. The van der Waals surface area contributed by atoms with Crippen molar-refractivity contribution in [3.05, 3.63) is 35.9 Å². The van der Waals surface area contributed by atoms with Gasteiger partial charge in [-0.1, -0.05) is 30.3 Å². The zero-order valence-corrected chi connectivity index (χ0v) is 8.56. The van der Waals surface area contributed by atoms with Crippen LogP contribution in [0.4, 0.5) is 0 Å². The summed E-state index contributed by atoms with van der Waals surface area (Å²) in [6.45, 7) is 4.35. The van der Waals surface area contributed by atoms with E-state index in [0.29, 0.717) is 0 Å². The Morgan fingerprint density at radius 2 is 1.86 bits per heavy atom. The third kappa shape index (κ3) is 1.81. The summed E-state index contributed by atoms with van der Waals surface area (Å²) in [5, 5.41) is 10.1. The second-order valence-electron chi connectivity index (χ2n) is 3.99. The predicted octanol–water partition coefficient (Wildman–Crippen LogP) is 1.81. The zero-order valence-electron chi connectivity index (χ0n) is 8.56. The molecular weight excluding hydrogens is 174 g/mol. The highest BCUT2D eigenvalue weighted by Gasteiger charge is 2.26. The van der Waals surface area contributed by atoms with E-state index in [1.165, 1.54) is 6.42 Å². The van der Waals surface area contributed by atoms with Gasteiger partial charge in [0.15, 0.2) is 0 Å². The number of nitrogens with zero attached hydrogens (tertiary/aromatic N) is 1. The van der Waals surface area contributed by atoms with Gasteiger partial charge in [-0.15, -0.1) is 0 Å². The molecule has 0 spiro atoms. The van der Waals surface area contributed by atoms with Gasteiger partial charge in [0, 0.05) is 6.04 Å². The third-order valence-electron chi connectivity index (χ3n) is 3.06. The molecule has 0 saturated carbocycles. The van der Waals surface area contributed by atoms with Crippen LogP contribution in [0.5, 0.6) is 0 Å². The average Bonchev–Trinajstić information content (AvgIpc) is 2.15. The van der Waals surface area contributed by atoms with Crippen molar-refractivity contribution in [1.29, 1.82) is 0 Å². The first-order valence-electron chi connectivity index (χ1n) is 5.26. The molecular formula is C12H17NO. The minimum Gasteiger partial charge on any atom is -0.387 e. The monoisotopic (exact) mass is 191 g/mol. The Balaban J connectivity index is 2.03. The highest BCUT2D eigenvalue weighted by atomic mass is 16.3. The number of aliphatic hydroxyl groups excluding tert-OH is 1. The largest absolute Gasteiger partial charge is 0.387 e. The van der Waals surface area contributed by atoms with Gasteiger partial charge >= 0.3 is 0 Å². The fraction of sp³-hybridized carbons (Fsp3) is 0.500. The molecule has 2 heteroatoms. The minimum atomic E-state index is -0.350. The molecule has 2 atom stereocenters. The van der Waals surface area contributed by atoms with Crippen molar-refractivity contribution in [2.24, 2.45) is 0 Å². The molecule has 0 amide bonds. The topological polar surface area (TPSA) is 23.5 Å². The van der Waals surface area contributed by atoms with Crippen LogP contribution >= 0.6 is 0 Å². The van der Waals surface area contributed by atoms with E-state index in [2.05, 4.69) is 11.8 Å². The van der Waals surface area contributed by atoms with E-state index < -0.39 is 0 Å². The van der Waals surface area contributed by atoms with Crippen LogP contribution in [0.3, 0.4) is 0 Å². The quantitative estimate of drug-likeness (QED) is 0.787. The van der Waals surface area contributed by atoms with E-state index in [1.54, 1.807) is 0 Å². The lowest BCUT2D eigenvalue weighted by atomic mass is 10.00. The highest BCUT2D eigenvalue weighted by molar-refractivity contribution is 5.18. The predicted molar refractivity (Wildman–Crippen MR) is 57.1 cm³/mol. The molecule has 76 valence electrons. The van der Waals surface area contributed by atoms with E-state index in [9.17, 15) is 5.11 Å². The first kappa shape index (κ1) is 9.69. The summed E-state index contributed by atoms with van der Waals surface area (Å²) >= 11 is 0. The lowest BCUT2D eigenvalue weighted by Crippen LogP contribution is -2.46. The van der Waals surface area contributed by atoms with Crippen LogP contribution in [-0.4, -0.2) is 29.1 Å². The standard InChI is InChI=1S/C12H17NO/c1-10(13-8-5-9-13)12(14)11-6-3-2-4-7-11/h2-4,6-7,10,12,14H,5,8-9H2,1H3/t10-,12-/m0/s1. The summed E-state index contributed by atoms with van der Waals surface area (Å²) in [6.07, 6.45) is 0.919. The summed E-state index contributed by atoms with van der Waals surface area (Å²) < 4.78 is 0. The summed E-state index contributed by atoms with van der Waals surface area (Å²) in [5.41, 5.74) is 1.02. The Morgan fingerprint density at radius 3 is 2.36 bits per heavy atom. The van der Waals surface area contributed by atoms with Crippen molar-refractivity contribution in [2.45, 2.75) is 25.5 Å². The zero-order chi connectivity index (χ0) is 9.97. The fourth-order valence-electron chi connectivity index (χ4n) is 1.88. The van der Waals surface area contributed by atoms with Crippen molar-refractivity contribution in [3.63, 3.8) is 0 Å². The molecule has 1 heterocycles. The van der Waals surface area contributed by atoms with E-state index in [0.717, 1.165) is 18.7 Å². The molecule has 1 saturated heterocycles. The highest BCUT2D eigenvalue weighted by Crippen LogP contribution is 2.23. The normalized spacial score (nSPS) is 21.3. The van der Waals surface area contributed by atoms with Gasteiger partial charge in [0.05, 0.1) is 6.10 Å². The van der Waals surface area contributed by atoms with Crippen LogP contribution in [0.15, 0.2) is 30.3 Å². The SMILES string of the molecule is C[C@@H]([C@H](O)c1ccccc1)N1CCC1. The summed E-state index contributed by atoms with van der Waals surface area (Å²) in [6, 6.07) is 10.1. The van der Waals surface area contributed by atoms with E-state index in [-0.39, 0.29) is 12.1 Å². The molecule has 1 aliphatic rings. The Kier molecular flexibility index (Phi) is 2.85. The second kappa shape index (κ2) is 4.11. The molecule has 1 aromatic rings. The Hall–Kier alpha value is -0.860. The van der Waals surface area contributed by atoms with Crippen LogP contribution in [0.25, 0.3) is 0 Å². The lowest BCUT2D eigenvalue weighted by Gasteiger charge is -2.38. The van der Waals surface area contributed by atoms with Crippen molar-refractivity contribution in [1.82, 2.24) is 4.90 Å². The van der Waals surface area contributed by atoms with E-state index >= 15 is 0 Å². The first-order valence-corrected chi connectivity index (χ1v) is 5.26. The second-order valence-corrected chi connectivity index (χ2v) is 3.99. The molecule has 2 nitrogen and oxygen atoms in total. The maximum Gasteiger partial charge on any atom is 0.0942 e. The number of aliphatic hydroxyl groups is 1. The third-order valence-corrected chi connectivity index (χ3v) is 3.06. The Bertz CT molecular complexity index is 282. The van der Waals surface area contributed by atoms with Gasteiger partial charge in [-0.05, 0) is 32.0 Å². The number of hydrogen-bond donors (Lipinski definition) is 1. The maximum atomic E-state index is 10.1. The molecule has 1 N–H and O–H groups in total. The van der Waals surface area contributed by atoms with Crippen LogP contribution < -0.4 is 0 Å². The molecule has 0 bridgehead atoms. The number of likely N-dealkylation sites (tertiary alicyclic amines) is 1.